The monoisotopic (exact) mass is 132 g/mol. The van der Waals surface area contributed by atoms with E-state index in [1.807, 2.05) is 0 Å². The van der Waals surface area contributed by atoms with Crippen LogP contribution in [0.5, 0.6) is 0 Å². The smallest absolute Gasteiger partial charge is 0.154 e. The Balaban J connectivity index is 3.47. The average Bonchev–Trinajstić information content (AvgIpc) is 1.62. The lowest BCUT2D eigenvalue weighted by atomic mass is 9.92. The highest BCUT2D eigenvalue weighted by Gasteiger charge is 2.15. The fourth-order valence-electron chi connectivity index (χ4n) is 0.607. The van der Waals surface area contributed by atoms with Crippen LogP contribution in [0.1, 0.15) is 27.2 Å². The SMILES string of the molecule is COC(O)CC(C)(C)C. The third-order valence-electron chi connectivity index (χ3n) is 1.06. The van der Waals surface area contributed by atoms with Crippen molar-refractivity contribution >= 4 is 0 Å². The van der Waals surface area contributed by atoms with Gasteiger partial charge < -0.3 is 9.84 Å². The molecule has 0 rings (SSSR count). The molecular formula is C7H16O2. The van der Waals surface area contributed by atoms with Crippen LogP contribution in [0, 0.1) is 5.41 Å². The van der Waals surface area contributed by atoms with Gasteiger partial charge in [0.1, 0.15) is 0 Å². The maximum atomic E-state index is 8.97. The number of ether oxygens (including phenoxy) is 1. The van der Waals surface area contributed by atoms with Gasteiger partial charge in [-0.25, -0.2) is 0 Å². The van der Waals surface area contributed by atoms with Crippen molar-refractivity contribution in [1.82, 2.24) is 0 Å². The lowest BCUT2D eigenvalue weighted by Gasteiger charge is -2.20. The van der Waals surface area contributed by atoms with E-state index in [0.29, 0.717) is 6.42 Å². The van der Waals surface area contributed by atoms with E-state index in [1.165, 1.54) is 7.11 Å². The zero-order valence-corrected chi connectivity index (χ0v) is 6.64. The van der Waals surface area contributed by atoms with Crippen molar-refractivity contribution in [3.63, 3.8) is 0 Å². The Labute approximate surface area is 56.8 Å². The molecule has 1 N–H and O–H groups in total. The zero-order valence-electron chi connectivity index (χ0n) is 6.64. The fourth-order valence-corrected chi connectivity index (χ4v) is 0.607. The normalized spacial score (nSPS) is 15.7. The molecule has 9 heavy (non-hydrogen) atoms. The number of aliphatic hydroxyl groups is 1. The number of methoxy groups -OCH3 is 1. The molecule has 0 amide bonds. The Morgan fingerprint density at radius 3 is 2.00 bits per heavy atom. The molecule has 0 aromatic carbocycles. The first-order chi connectivity index (χ1) is 3.95. The Morgan fingerprint density at radius 1 is 1.44 bits per heavy atom. The molecule has 0 heterocycles. The number of hydrogen-bond acceptors (Lipinski definition) is 2. The number of rotatable bonds is 2. The second-order valence-electron chi connectivity index (χ2n) is 3.46. The highest BCUT2D eigenvalue weighted by molar-refractivity contribution is 4.61. The summed E-state index contributed by atoms with van der Waals surface area (Å²) in [5.74, 6) is 0. The van der Waals surface area contributed by atoms with Crippen LogP contribution < -0.4 is 0 Å². The molecule has 0 aliphatic carbocycles. The fraction of sp³-hybridized carbons (Fsp3) is 1.00. The molecule has 1 unspecified atom stereocenters. The van der Waals surface area contributed by atoms with E-state index >= 15 is 0 Å². The van der Waals surface area contributed by atoms with Crippen molar-refractivity contribution in [3.05, 3.63) is 0 Å². The highest BCUT2D eigenvalue weighted by Crippen LogP contribution is 2.20. The van der Waals surface area contributed by atoms with E-state index in [9.17, 15) is 0 Å². The molecular weight excluding hydrogens is 116 g/mol. The summed E-state index contributed by atoms with van der Waals surface area (Å²) in [4.78, 5) is 0. The van der Waals surface area contributed by atoms with E-state index in [1.54, 1.807) is 0 Å². The van der Waals surface area contributed by atoms with Crippen LogP contribution in [0.3, 0.4) is 0 Å². The molecule has 0 radical (unpaired) electrons. The molecule has 0 aliphatic rings. The van der Waals surface area contributed by atoms with Crippen LogP contribution in [-0.4, -0.2) is 18.5 Å². The van der Waals surface area contributed by atoms with Crippen molar-refractivity contribution in [2.45, 2.75) is 33.5 Å². The van der Waals surface area contributed by atoms with E-state index in [4.69, 9.17) is 5.11 Å². The minimum atomic E-state index is -0.606. The summed E-state index contributed by atoms with van der Waals surface area (Å²) in [6, 6.07) is 0. The standard InChI is InChI=1S/C7H16O2/c1-7(2,3)5-6(8)9-4/h6,8H,5H2,1-4H3. The van der Waals surface area contributed by atoms with Gasteiger partial charge >= 0.3 is 0 Å². The number of aliphatic hydroxyl groups excluding tert-OH is 1. The zero-order chi connectivity index (χ0) is 7.49. The van der Waals surface area contributed by atoms with E-state index in [0.717, 1.165) is 0 Å². The molecule has 0 aliphatic heterocycles. The minimum absolute atomic E-state index is 0.148. The quantitative estimate of drug-likeness (QED) is 0.575. The largest absolute Gasteiger partial charge is 0.368 e. The van der Waals surface area contributed by atoms with Gasteiger partial charge in [0, 0.05) is 13.5 Å². The van der Waals surface area contributed by atoms with E-state index in [-0.39, 0.29) is 5.41 Å². The molecule has 0 aromatic rings. The summed E-state index contributed by atoms with van der Waals surface area (Å²) in [5.41, 5.74) is 0.148. The third-order valence-corrected chi connectivity index (χ3v) is 1.06. The van der Waals surface area contributed by atoms with Crippen LogP contribution in [-0.2, 0) is 4.74 Å². The van der Waals surface area contributed by atoms with Crippen LogP contribution >= 0.6 is 0 Å². The van der Waals surface area contributed by atoms with Gasteiger partial charge in [0.25, 0.3) is 0 Å². The van der Waals surface area contributed by atoms with Crippen molar-refractivity contribution in [3.8, 4) is 0 Å². The highest BCUT2D eigenvalue weighted by atomic mass is 16.6. The van der Waals surface area contributed by atoms with Gasteiger partial charge in [-0.15, -0.1) is 0 Å². The van der Waals surface area contributed by atoms with Crippen molar-refractivity contribution in [1.29, 1.82) is 0 Å². The second kappa shape index (κ2) is 3.18. The van der Waals surface area contributed by atoms with Gasteiger partial charge in [0.15, 0.2) is 6.29 Å². The Morgan fingerprint density at radius 2 is 1.89 bits per heavy atom. The summed E-state index contributed by atoms with van der Waals surface area (Å²) in [5, 5.41) is 8.97. The average molecular weight is 132 g/mol. The Bertz CT molecular complexity index is 73.5. The molecule has 56 valence electrons. The van der Waals surface area contributed by atoms with Gasteiger partial charge in [0.05, 0.1) is 0 Å². The van der Waals surface area contributed by atoms with Gasteiger partial charge in [-0.3, -0.25) is 0 Å². The van der Waals surface area contributed by atoms with Crippen LogP contribution in [0.25, 0.3) is 0 Å². The van der Waals surface area contributed by atoms with Crippen LogP contribution in [0.15, 0.2) is 0 Å². The molecule has 1 atom stereocenters. The minimum Gasteiger partial charge on any atom is -0.368 e. The van der Waals surface area contributed by atoms with Crippen molar-refractivity contribution < 1.29 is 9.84 Å². The van der Waals surface area contributed by atoms with Crippen LogP contribution in [0.4, 0.5) is 0 Å². The summed E-state index contributed by atoms with van der Waals surface area (Å²) in [6.45, 7) is 6.19. The first-order valence-electron chi connectivity index (χ1n) is 3.16. The van der Waals surface area contributed by atoms with Crippen molar-refractivity contribution in [2.75, 3.05) is 7.11 Å². The van der Waals surface area contributed by atoms with Gasteiger partial charge in [-0.2, -0.15) is 0 Å². The topological polar surface area (TPSA) is 29.5 Å². The molecule has 0 spiro atoms. The Hall–Kier alpha value is -0.0800. The van der Waals surface area contributed by atoms with Gasteiger partial charge in [0.2, 0.25) is 0 Å². The maximum absolute atomic E-state index is 8.97. The first kappa shape index (κ1) is 8.92. The molecule has 0 fully saturated rings. The second-order valence-corrected chi connectivity index (χ2v) is 3.46. The van der Waals surface area contributed by atoms with E-state index < -0.39 is 6.29 Å². The molecule has 0 aromatic heterocycles. The summed E-state index contributed by atoms with van der Waals surface area (Å²) >= 11 is 0. The van der Waals surface area contributed by atoms with E-state index in [2.05, 4.69) is 25.5 Å². The Kier molecular flexibility index (Phi) is 3.15. The molecule has 2 nitrogen and oxygen atoms in total. The molecule has 0 saturated carbocycles. The summed E-state index contributed by atoms with van der Waals surface area (Å²) in [7, 11) is 1.51. The third kappa shape index (κ3) is 5.80. The van der Waals surface area contributed by atoms with Crippen molar-refractivity contribution in [2.24, 2.45) is 5.41 Å². The van der Waals surface area contributed by atoms with Gasteiger partial charge in [-0.05, 0) is 5.41 Å². The lowest BCUT2D eigenvalue weighted by molar-refractivity contribution is -0.0946. The molecule has 2 heteroatoms. The summed E-state index contributed by atoms with van der Waals surface area (Å²) in [6.07, 6.45) is 0.0775. The maximum Gasteiger partial charge on any atom is 0.154 e. The van der Waals surface area contributed by atoms with Crippen LogP contribution in [0.2, 0.25) is 0 Å². The summed E-state index contributed by atoms with van der Waals surface area (Å²) < 4.78 is 4.68. The first-order valence-corrected chi connectivity index (χ1v) is 3.16. The van der Waals surface area contributed by atoms with Gasteiger partial charge in [-0.1, -0.05) is 20.8 Å². The predicted molar refractivity (Wildman–Crippen MR) is 37.1 cm³/mol. The predicted octanol–water partition coefficient (Wildman–Crippen LogP) is 1.39. The molecule has 0 saturated heterocycles. The number of hydrogen-bond donors (Lipinski definition) is 1. The lowest BCUT2D eigenvalue weighted by Crippen LogP contribution is -2.18. The molecule has 0 bridgehead atoms.